The van der Waals surface area contributed by atoms with Gasteiger partial charge in [-0.1, -0.05) is 23.4 Å². The Morgan fingerprint density at radius 2 is 2.09 bits per heavy atom. The van der Waals surface area contributed by atoms with Crippen molar-refractivity contribution in [3.05, 3.63) is 60.0 Å². The zero-order valence-electron chi connectivity index (χ0n) is 12.5. The molecular formula is C18H18N2O2. The molecule has 0 fully saturated rings. The van der Waals surface area contributed by atoms with Crippen LogP contribution in [0.2, 0.25) is 0 Å². The third kappa shape index (κ3) is 2.30. The van der Waals surface area contributed by atoms with Crippen molar-refractivity contribution < 1.29 is 8.94 Å². The highest BCUT2D eigenvalue weighted by atomic mass is 16.5. The van der Waals surface area contributed by atoms with Gasteiger partial charge in [0.05, 0.1) is 12.8 Å². The van der Waals surface area contributed by atoms with Crippen LogP contribution < -0.4 is 4.90 Å². The highest BCUT2D eigenvalue weighted by Gasteiger charge is 2.24. The van der Waals surface area contributed by atoms with E-state index in [1.165, 1.54) is 17.7 Å². The van der Waals surface area contributed by atoms with E-state index < -0.39 is 0 Å². The van der Waals surface area contributed by atoms with E-state index in [9.17, 15) is 0 Å². The maximum atomic E-state index is 5.40. The van der Waals surface area contributed by atoms with Crippen molar-refractivity contribution in [2.24, 2.45) is 0 Å². The molecule has 0 aliphatic carbocycles. The summed E-state index contributed by atoms with van der Waals surface area (Å²) in [5.74, 6) is 1.39. The quantitative estimate of drug-likeness (QED) is 0.723. The Kier molecular flexibility index (Phi) is 3.22. The lowest BCUT2D eigenvalue weighted by molar-refractivity contribution is 0.408. The van der Waals surface area contributed by atoms with E-state index in [1.807, 2.05) is 18.2 Å². The van der Waals surface area contributed by atoms with Gasteiger partial charge in [0.25, 0.3) is 0 Å². The number of fused-ring (bicyclic) bond motifs is 1. The fourth-order valence-corrected chi connectivity index (χ4v) is 3.10. The lowest BCUT2D eigenvalue weighted by Crippen LogP contribution is -2.36. The van der Waals surface area contributed by atoms with Crippen LogP contribution in [0.25, 0.3) is 11.5 Å². The third-order valence-corrected chi connectivity index (χ3v) is 4.32. The van der Waals surface area contributed by atoms with Gasteiger partial charge >= 0.3 is 0 Å². The summed E-state index contributed by atoms with van der Waals surface area (Å²) in [6, 6.07) is 14.8. The fourth-order valence-electron chi connectivity index (χ4n) is 3.10. The number of benzene rings is 1. The molecule has 1 aliphatic heterocycles. The lowest BCUT2D eigenvalue weighted by Gasteiger charge is -2.36. The van der Waals surface area contributed by atoms with Gasteiger partial charge in [0.15, 0.2) is 5.76 Å². The van der Waals surface area contributed by atoms with Crippen LogP contribution in [0.4, 0.5) is 5.69 Å². The van der Waals surface area contributed by atoms with Crippen LogP contribution in [0.15, 0.2) is 57.7 Å². The summed E-state index contributed by atoms with van der Waals surface area (Å²) in [7, 11) is 0. The number of hydrogen-bond donors (Lipinski definition) is 0. The largest absolute Gasteiger partial charge is 0.461 e. The Morgan fingerprint density at radius 1 is 1.18 bits per heavy atom. The summed E-state index contributed by atoms with van der Waals surface area (Å²) < 4.78 is 10.8. The molecule has 4 nitrogen and oxygen atoms in total. The molecule has 112 valence electrons. The molecule has 0 radical (unpaired) electrons. The fraction of sp³-hybridized carbons (Fsp3) is 0.278. The van der Waals surface area contributed by atoms with E-state index in [1.54, 1.807) is 6.26 Å². The first kappa shape index (κ1) is 13.2. The number of furan rings is 1. The summed E-state index contributed by atoms with van der Waals surface area (Å²) in [6.07, 6.45) is 3.95. The number of aryl methyl sites for hydroxylation is 1. The molecule has 3 heterocycles. The average Bonchev–Trinajstić information content (AvgIpc) is 3.21. The van der Waals surface area contributed by atoms with Gasteiger partial charge in [-0.15, -0.1) is 0 Å². The number of anilines is 1. The minimum Gasteiger partial charge on any atom is -0.461 e. The first-order chi connectivity index (χ1) is 10.8. The Bertz CT molecular complexity index is 761. The maximum Gasteiger partial charge on any atom is 0.202 e. The smallest absolute Gasteiger partial charge is 0.202 e. The molecule has 0 spiro atoms. The number of hydrogen-bond acceptors (Lipinski definition) is 4. The summed E-state index contributed by atoms with van der Waals surface area (Å²) in [6.45, 7) is 3.02. The van der Waals surface area contributed by atoms with Crippen LogP contribution >= 0.6 is 0 Å². The predicted octanol–water partition coefficient (Wildman–Crippen LogP) is 4.28. The van der Waals surface area contributed by atoms with E-state index in [2.05, 4.69) is 41.2 Å². The summed E-state index contributed by atoms with van der Waals surface area (Å²) in [5.41, 5.74) is 3.65. The highest BCUT2D eigenvalue weighted by Crippen LogP contribution is 2.32. The van der Waals surface area contributed by atoms with Crippen molar-refractivity contribution in [2.45, 2.75) is 32.4 Å². The number of para-hydroxylation sites is 1. The van der Waals surface area contributed by atoms with Crippen LogP contribution in [-0.4, -0.2) is 11.2 Å². The first-order valence-electron chi connectivity index (χ1n) is 7.65. The maximum absolute atomic E-state index is 5.40. The van der Waals surface area contributed by atoms with Crippen LogP contribution in [0.3, 0.4) is 0 Å². The Balaban J connectivity index is 1.61. The lowest BCUT2D eigenvalue weighted by atomic mass is 9.96. The molecule has 4 rings (SSSR count). The zero-order chi connectivity index (χ0) is 14.9. The van der Waals surface area contributed by atoms with Gasteiger partial charge in [0.2, 0.25) is 5.76 Å². The van der Waals surface area contributed by atoms with E-state index >= 15 is 0 Å². The van der Waals surface area contributed by atoms with E-state index in [0.29, 0.717) is 17.6 Å². The molecule has 0 N–H and O–H groups in total. The van der Waals surface area contributed by atoms with Crippen molar-refractivity contribution in [1.29, 1.82) is 0 Å². The van der Waals surface area contributed by atoms with E-state index in [-0.39, 0.29) is 0 Å². The molecule has 2 aromatic heterocycles. The molecule has 3 aromatic rings. The summed E-state index contributed by atoms with van der Waals surface area (Å²) in [5, 5.41) is 4.20. The number of nitrogens with zero attached hydrogens (tertiary/aromatic N) is 2. The molecule has 1 aliphatic rings. The number of rotatable bonds is 3. The molecule has 1 unspecified atom stereocenters. The van der Waals surface area contributed by atoms with Gasteiger partial charge in [0, 0.05) is 17.8 Å². The molecule has 0 bridgehead atoms. The summed E-state index contributed by atoms with van der Waals surface area (Å²) >= 11 is 0. The van der Waals surface area contributed by atoms with Crippen molar-refractivity contribution in [1.82, 2.24) is 5.16 Å². The van der Waals surface area contributed by atoms with Gasteiger partial charge in [-0.2, -0.15) is 0 Å². The third-order valence-electron chi connectivity index (χ3n) is 4.32. The van der Waals surface area contributed by atoms with Crippen molar-refractivity contribution in [3.8, 4) is 11.5 Å². The Labute approximate surface area is 129 Å². The van der Waals surface area contributed by atoms with Gasteiger partial charge in [-0.25, -0.2) is 0 Å². The number of aromatic nitrogens is 1. The zero-order valence-corrected chi connectivity index (χ0v) is 12.5. The van der Waals surface area contributed by atoms with Crippen molar-refractivity contribution in [2.75, 3.05) is 4.90 Å². The van der Waals surface area contributed by atoms with Crippen LogP contribution in [-0.2, 0) is 13.0 Å². The summed E-state index contributed by atoms with van der Waals surface area (Å²) in [4.78, 5) is 2.41. The molecule has 0 saturated carbocycles. The second-order valence-electron chi connectivity index (χ2n) is 5.80. The second kappa shape index (κ2) is 5.37. The van der Waals surface area contributed by atoms with Crippen molar-refractivity contribution in [3.63, 3.8) is 0 Å². The van der Waals surface area contributed by atoms with E-state index in [4.69, 9.17) is 8.94 Å². The van der Waals surface area contributed by atoms with Crippen LogP contribution in [0, 0.1) is 0 Å². The van der Waals surface area contributed by atoms with Crippen LogP contribution in [0.5, 0.6) is 0 Å². The molecule has 4 heteroatoms. The molecular weight excluding hydrogens is 276 g/mol. The standard InChI is InChI=1S/C18H18N2O2/c1-13-8-9-14-5-2-3-6-16(14)20(13)12-15-11-18(22-19-15)17-7-4-10-21-17/h2-7,10-11,13H,8-9,12H2,1H3. The minimum atomic E-state index is 0.499. The van der Waals surface area contributed by atoms with Gasteiger partial charge in [-0.3, -0.25) is 0 Å². The SMILES string of the molecule is CC1CCc2ccccc2N1Cc1cc(-c2ccco2)on1. The van der Waals surface area contributed by atoms with Gasteiger partial charge in [0.1, 0.15) is 5.69 Å². The Hall–Kier alpha value is -2.49. The molecule has 1 aromatic carbocycles. The second-order valence-corrected chi connectivity index (χ2v) is 5.80. The molecule has 0 saturated heterocycles. The van der Waals surface area contributed by atoms with Crippen molar-refractivity contribution >= 4 is 5.69 Å². The highest BCUT2D eigenvalue weighted by molar-refractivity contribution is 5.57. The first-order valence-corrected chi connectivity index (χ1v) is 7.65. The minimum absolute atomic E-state index is 0.499. The Morgan fingerprint density at radius 3 is 2.95 bits per heavy atom. The molecule has 22 heavy (non-hydrogen) atoms. The molecule has 0 amide bonds. The van der Waals surface area contributed by atoms with Gasteiger partial charge < -0.3 is 13.8 Å². The van der Waals surface area contributed by atoms with Gasteiger partial charge in [-0.05, 0) is 43.5 Å². The monoisotopic (exact) mass is 294 g/mol. The predicted molar refractivity (Wildman–Crippen MR) is 84.6 cm³/mol. The molecule has 1 atom stereocenters. The van der Waals surface area contributed by atoms with E-state index in [0.717, 1.165) is 18.7 Å². The van der Waals surface area contributed by atoms with Crippen LogP contribution in [0.1, 0.15) is 24.6 Å². The normalized spacial score (nSPS) is 17.5. The topological polar surface area (TPSA) is 42.4 Å². The average molecular weight is 294 g/mol.